The van der Waals surface area contributed by atoms with Gasteiger partial charge >= 0.3 is 0 Å². The van der Waals surface area contributed by atoms with Crippen LogP contribution in [0, 0.1) is 12.8 Å². The molecule has 0 unspecified atom stereocenters. The standard InChI is InChI=1S/C20H25N3O2/c1-14-4-2-3-5-17(14)13-19(24)23-10-8-15(9-11-23)12-18-21-20(25-22-18)16-6-7-16/h2-5,15-16H,6-13H2,1H3. The number of carbonyl (C=O) groups excluding carboxylic acids is 1. The maximum atomic E-state index is 12.6. The van der Waals surface area contributed by atoms with Crippen molar-refractivity contribution in [1.82, 2.24) is 15.0 Å². The Bertz CT molecular complexity index is 743. The van der Waals surface area contributed by atoms with Crippen molar-refractivity contribution >= 4 is 5.91 Å². The Kier molecular flexibility index (Phi) is 4.55. The molecule has 2 aliphatic rings. The number of likely N-dealkylation sites (tertiary alicyclic amines) is 1. The van der Waals surface area contributed by atoms with E-state index in [1.165, 1.54) is 18.4 Å². The van der Waals surface area contributed by atoms with Crippen LogP contribution in [-0.4, -0.2) is 34.0 Å². The predicted molar refractivity (Wildman–Crippen MR) is 94.2 cm³/mol. The van der Waals surface area contributed by atoms with Crippen molar-refractivity contribution in [2.75, 3.05) is 13.1 Å². The Labute approximate surface area is 148 Å². The van der Waals surface area contributed by atoms with Gasteiger partial charge in [0.15, 0.2) is 5.82 Å². The first-order valence-corrected chi connectivity index (χ1v) is 9.34. The fourth-order valence-corrected chi connectivity index (χ4v) is 3.57. The van der Waals surface area contributed by atoms with Crippen LogP contribution < -0.4 is 0 Å². The number of carbonyl (C=O) groups is 1. The molecule has 4 rings (SSSR count). The van der Waals surface area contributed by atoms with Crippen LogP contribution >= 0.6 is 0 Å². The minimum absolute atomic E-state index is 0.239. The highest BCUT2D eigenvalue weighted by Crippen LogP contribution is 2.39. The van der Waals surface area contributed by atoms with Gasteiger partial charge in [0.25, 0.3) is 0 Å². The largest absolute Gasteiger partial charge is 0.342 e. The van der Waals surface area contributed by atoms with E-state index in [0.29, 0.717) is 18.3 Å². The molecule has 1 aromatic carbocycles. The molecule has 0 atom stereocenters. The molecule has 5 heteroatoms. The fourth-order valence-electron chi connectivity index (χ4n) is 3.57. The summed E-state index contributed by atoms with van der Waals surface area (Å²) >= 11 is 0. The number of benzene rings is 1. The predicted octanol–water partition coefficient (Wildman–Crippen LogP) is 3.28. The van der Waals surface area contributed by atoms with Gasteiger partial charge in [0.2, 0.25) is 11.8 Å². The van der Waals surface area contributed by atoms with Crippen molar-refractivity contribution in [3.63, 3.8) is 0 Å². The molecule has 0 N–H and O–H groups in total. The van der Waals surface area contributed by atoms with Crippen molar-refractivity contribution in [3.05, 3.63) is 47.1 Å². The third-order valence-corrected chi connectivity index (χ3v) is 5.45. The van der Waals surface area contributed by atoms with Gasteiger partial charge in [-0.05, 0) is 49.7 Å². The van der Waals surface area contributed by atoms with Gasteiger partial charge in [-0.2, -0.15) is 4.98 Å². The van der Waals surface area contributed by atoms with Gasteiger partial charge in [-0.15, -0.1) is 0 Å². The molecule has 1 amide bonds. The lowest BCUT2D eigenvalue weighted by Gasteiger charge is -2.31. The van der Waals surface area contributed by atoms with Crippen LogP contribution in [0.3, 0.4) is 0 Å². The molecule has 0 radical (unpaired) electrons. The number of aryl methyl sites for hydroxylation is 1. The highest BCUT2D eigenvalue weighted by molar-refractivity contribution is 5.79. The Balaban J connectivity index is 1.27. The number of hydrogen-bond donors (Lipinski definition) is 0. The van der Waals surface area contributed by atoms with Crippen molar-refractivity contribution < 1.29 is 9.32 Å². The second-order valence-electron chi connectivity index (χ2n) is 7.45. The minimum atomic E-state index is 0.239. The molecular formula is C20H25N3O2. The zero-order valence-corrected chi connectivity index (χ0v) is 14.8. The summed E-state index contributed by atoms with van der Waals surface area (Å²) in [4.78, 5) is 19.1. The Hall–Kier alpha value is -2.17. The van der Waals surface area contributed by atoms with Gasteiger partial charge in [0.05, 0.1) is 6.42 Å². The van der Waals surface area contributed by atoms with Crippen molar-refractivity contribution in [3.8, 4) is 0 Å². The van der Waals surface area contributed by atoms with E-state index in [0.717, 1.165) is 49.6 Å². The van der Waals surface area contributed by atoms with Gasteiger partial charge in [-0.25, -0.2) is 0 Å². The number of hydrogen-bond acceptors (Lipinski definition) is 4. The molecule has 5 nitrogen and oxygen atoms in total. The van der Waals surface area contributed by atoms with E-state index in [9.17, 15) is 4.79 Å². The number of aromatic nitrogens is 2. The smallest absolute Gasteiger partial charge is 0.229 e. The zero-order chi connectivity index (χ0) is 17.2. The summed E-state index contributed by atoms with van der Waals surface area (Å²) in [5.41, 5.74) is 2.32. The molecule has 1 saturated heterocycles. The van der Waals surface area contributed by atoms with E-state index < -0.39 is 0 Å². The molecule has 2 fully saturated rings. The van der Waals surface area contributed by atoms with Crippen LogP contribution in [-0.2, 0) is 17.6 Å². The van der Waals surface area contributed by atoms with Gasteiger partial charge in [-0.1, -0.05) is 29.4 Å². The zero-order valence-electron chi connectivity index (χ0n) is 14.8. The molecule has 0 bridgehead atoms. The lowest BCUT2D eigenvalue weighted by atomic mass is 9.93. The average Bonchev–Trinajstić information content (AvgIpc) is 3.37. The molecule has 0 spiro atoms. The van der Waals surface area contributed by atoms with E-state index in [-0.39, 0.29) is 5.91 Å². The number of rotatable bonds is 5. The molecular weight excluding hydrogens is 314 g/mol. The van der Waals surface area contributed by atoms with E-state index in [2.05, 4.69) is 23.1 Å². The van der Waals surface area contributed by atoms with Crippen LogP contribution in [0.25, 0.3) is 0 Å². The summed E-state index contributed by atoms with van der Waals surface area (Å²) in [7, 11) is 0. The van der Waals surface area contributed by atoms with Crippen molar-refractivity contribution in [1.29, 1.82) is 0 Å². The van der Waals surface area contributed by atoms with E-state index in [4.69, 9.17) is 4.52 Å². The molecule has 2 aromatic rings. The summed E-state index contributed by atoms with van der Waals surface area (Å²) in [5.74, 6) is 2.96. The molecule has 132 valence electrons. The quantitative estimate of drug-likeness (QED) is 0.839. The summed E-state index contributed by atoms with van der Waals surface area (Å²) in [6.07, 6.45) is 5.79. The summed E-state index contributed by atoms with van der Waals surface area (Å²) in [6.45, 7) is 3.74. The van der Waals surface area contributed by atoms with Gasteiger partial charge < -0.3 is 9.42 Å². The van der Waals surface area contributed by atoms with Crippen molar-refractivity contribution in [2.45, 2.75) is 51.4 Å². The Morgan fingerprint density at radius 3 is 2.68 bits per heavy atom. The van der Waals surface area contributed by atoms with Crippen LogP contribution in [0.2, 0.25) is 0 Å². The monoisotopic (exact) mass is 339 g/mol. The average molecular weight is 339 g/mol. The molecule has 1 aliphatic heterocycles. The first kappa shape index (κ1) is 16.3. The topological polar surface area (TPSA) is 59.2 Å². The lowest BCUT2D eigenvalue weighted by molar-refractivity contribution is -0.131. The van der Waals surface area contributed by atoms with Gasteiger partial charge in [0, 0.05) is 25.4 Å². The summed E-state index contributed by atoms with van der Waals surface area (Å²) in [5, 5.41) is 4.12. The maximum absolute atomic E-state index is 12.6. The van der Waals surface area contributed by atoms with Crippen LogP contribution in [0.5, 0.6) is 0 Å². The SMILES string of the molecule is Cc1ccccc1CC(=O)N1CCC(Cc2noc(C3CC3)n2)CC1. The number of amides is 1. The first-order chi connectivity index (χ1) is 12.2. The molecule has 1 aliphatic carbocycles. The molecule has 25 heavy (non-hydrogen) atoms. The highest BCUT2D eigenvalue weighted by atomic mass is 16.5. The third kappa shape index (κ3) is 3.91. The normalized spacial score (nSPS) is 18.5. The fraction of sp³-hybridized carbons (Fsp3) is 0.550. The maximum Gasteiger partial charge on any atom is 0.229 e. The number of piperidine rings is 1. The highest BCUT2D eigenvalue weighted by Gasteiger charge is 2.30. The first-order valence-electron chi connectivity index (χ1n) is 9.34. The van der Waals surface area contributed by atoms with E-state index in [1.807, 2.05) is 23.1 Å². The Morgan fingerprint density at radius 1 is 1.20 bits per heavy atom. The second-order valence-corrected chi connectivity index (χ2v) is 7.45. The van der Waals surface area contributed by atoms with Gasteiger partial charge in [-0.3, -0.25) is 4.79 Å². The number of nitrogens with zero attached hydrogens (tertiary/aromatic N) is 3. The van der Waals surface area contributed by atoms with Crippen LogP contribution in [0.4, 0.5) is 0 Å². The van der Waals surface area contributed by atoms with Gasteiger partial charge in [0.1, 0.15) is 0 Å². The Morgan fingerprint density at radius 2 is 1.96 bits per heavy atom. The van der Waals surface area contributed by atoms with Crippen LogP contribution in [0.15, 0.2) is 28.8 Å². The third-order valence-electron chi connectivity index (χ3n) is 5.45. The molecule has 1 saturated carbocycles. The summed E-state index contributed by atoms with van der Waals surface area (Å²) < 4.78 is 5.34. The second kappa shape index (κ2) is 6.98. The summed E-state index contributed by atoms with van der Waals surface area (Å²) in [6, 6.07) is 8.13. The lowest BCUT2D eigenvalue weighted by Crippen LogP contribution is -2.39. The van der Waals surface area contributed by atoms with Crippen molar-refractivity contribution in [2.24, 2.45) is 5.92 Å². The van der Waals surface area contributed by atoms with E-state index >= 15 is 0 Å². The minimum Gasteiger partial charge on any atom is -0.342 e. The molecule has 1 aromatic heterocycles. The molecule has 2 heterocycles. The van der Waals surface area contributed by atoms with E-state index in [1.54, 1.807) is 0 Å². The van der Waals surface area contributed by atoms with Crippen LogP contribution in [0.1, 0.15) is 54.4 Å².